The van der Waals surface area contributed by atoms with Crippen LogP contribution in [0.25, 0.3) is 10.9 Å². The SMILES string of the molecule is Cc1nnc(SCC(=O)NCCc2cccc3cccnc23)n1CCc1cccs1. The average molecular weight is 438 g/mol. The first-order valence-corrected chi connectivity index (χ1v) is 11.7. The Balaban J connectivity index is 1.27. The lowest BCUT2D eigenvalue weighted by molar-refractivity contribution is -0.118. The van der Waals surface area contributed by atoms with Gasteiger partial charge in [-0.25, -0.2) is 0 Å². The fraction of sp³-hybridized carbons (Fsp3) is 0.273. The van der Waals surface area contributed by atoms with Crippen molar-refractivity contribution in [2.45, 2.75) is 31.5 Å². The highest BCUT2D eigenvalue weighted by Gasteiger charge is 2.12. The summed E-state index contributed by atoms with van der Waals surface area (Å²) in [6.45, 7) is 3.35. The Morgan fingerprint density at radius 1 is 1.13 bits per heavy atom. The van der Waals surface area contributed by atoms with Crippen LogP contribution in [0.1, 0.15) is 16.3 Å². The van der Waals surface area contributed by atoms with Crippen LogP contribution in [0.3, 0.4) is 0 Å². The van der Waals surface area contributed by atoms with Gasteiger partial charge in [-0.15, -0.1) is 21.5 Å². The van der Waals surface area contributed by atoms with E-state index in [9.17, 15) is 4.79 Å². The molecule has 4 rings (SSSR count). The van der Waals surface area contributed by atoms with Crippen LogP contribution in [-0.4, -0.2) is 38.0 Å². The van der Waals surface area contributed by atoms with E-state index in [0.29, 0.717) is 12.3 Å². The Morgan fingerprint density at radius 2 is 2.03 bits per heavy atom. The third kappa shape index (κ3) is 5.06. The lowest BCUT2D eigenvalue weighted by atomic mass is 10.1. The molecule has 4 aromatic rings. The van der Waals surface area contributed by atoms with Crippen LogP contribution in [-0.2, 0) is 24.2 Å². The van der Waals surface area contributed by atoms with E-state index >= 15 is 0 Å². The maximum Gasteiger partial charge on any atom is 0.230 e. The lowest BCUT2D eigenvalue weighted by Gasteiger charge is -2.09. The Labute approximate surface area is 183 Å². The molecule has 0 unspecified atom stereocenters. The van der Waals surface area contributed by atoms with Crippen molar-refractivity contribution in [3.05, 3.63) is 70.3 Å². The molecule has 1 N–H and O–H groups in total. The van der Waals surface area contributed by atoms with Crippen LogP contribution in [0.4, 0.5) is 0 Å². The van der Waals surface area contributed by atoms with E-state index in [4.69, 9.17) is 0 Å². The van der Waals surface area contributed by atoms with Gasteiger partial charge in [0.1, 0.15) is 5.82 Å². The average Bonchev–Trinajstić information content (AvgIpc) is 3.40. The highest BCUT2D eigenvalue weighted by molar-refractivity contribution is 7.99. The normalized spacial score (nSPS) is 11.1. The summed E-state index contributed by atoms with van der Waals surface area (Å²) < 4.78 is 2.08. The van der Waals surface area contributed by atoms with Gasteiger partial charge in [0.25, 0.3) is 0 Å². The van der Waals surface area contributed by atoms with Gasteiger partial charge in [-0.05, 0) is 42.8 Å². The fourth-order valence-electron chi connectivity index (χ4n) is 3.29. The van der Waals surface area contributed by atoms with E-state index in [-0.39, 0.29) is 5.91 Å². The van der Waals surface area contributed by atoms with Crippen LogP contribution < -0.4 is 5.32 Å². The monoisotopic (exact) mass is 437 g/mol. The zero-order valence-corrected chi connectivity index (χ0v) is 18.4. The second-order valence-corrected chi connectivity index (χ2v) is 8.87. The number of fused-ring (bicyclic) bond motifs is 1. The van der Waals surface area contributed by atoms with Crippen LogP contribution in [0.2, 0.25) is 0 Å². The number of benzene rings is 1. The number of thiophene rings is 1. The minimum absolute atomic E-state index is 0.00124. The number of nitrogens with zero attached hydrogens (tertiary/aromatic N) is 4. The predicted octanol–water partition coefficient (Wildman–Crippen LogP) is 3.89. The summed E-state index contributed by atoms with van der Waals surface area (Å²) >= 11 is 3.18. The number of aryl methyl sites for hydroxylation is 2. The van der Waals surface area contributed by atoms with Gasteiger partial charge >= 0.3 is 0 Å². The topological polar surface area (TPSA) is 72.7 Å². The number of rotatable bonds is 9. The Morgan fingerprint density at radius 3 is 2.90 bits per heavy atom. The largest absolute Gasteiger partial charge is 0.355 e. The number of pyridine rings is 1. The smallest absolute Gasteiger partial charge is 0.230 e. The van der Waals surface area contributed by atoms with Crippen LogP contribution in [0.15, 0.2) is 59.2 Å². The number of thioether (sulfide) groups is 1. The molecule has 0 spiro atoms. The van der Waals surface area contributed by atoms with E-state index in [0.717, 1.165) is 46.8 Å². The van der Waals surface area contributed by atoms with Crippen molar-refractivity contribution in [2.24, 2.45) is 0 Å². The Kier molecular flexibility index (Phi) is 6.76. The van der Waals surface area contributed by atoms with Crippen molar-refractivity contribution in [3.8, 4) is 0 Å². The first-order valence-electron chi connectivity index (χ1n) is 9.85. The van der Waals surface area contributed by atoms with Crippen molar-refractivity contribution in [3.63, 3.8) is 0 Å². The van der Waals surface area contributed by atoms with E-state index in [1.807, 2.05) is 19.1 Å². The van der Waals surface area contributed by atoms with Gasteiger partial charge in [-0.2, -0.15) is 0 Å². The molecular weight excluding hydrogens is 414 g/mol. The summed E-state index contributed by atoms with van der Waals surface area (Å²) in [5, 5.41) is 15.4. The molecule has 0 saturated carbocycles. The molecule has 1 aromatic carbocycles. The summed E-state index contributed by atoms with van der Waals surface area (Å²) in [5.74, 6) is 1.20. The molecule has 3 heterocycles. The number of hydrogen-bond acceptors (Lipinski definition) is 6. The highest BCUT2D eigenvalue weighted by atomic mass is 32.2. The van der Waals surface area contributed by atoms with E-state index in [1.165, 1.54) is 16.6 Å². The van der Waals surface area contributed by atoms with Crippen molar-refractivity contribution in [1.29, 1.82) is 0 Å². The summed E-state index contributed by atoms with van der Waals surface area (Å²) in [5.41, 5.74) is 2.14. The van der Waals surface area contributed by atoms with Gasteiger partial charge in [-0.3, -0.25) is 9.78 Å². The highest BCUT2D eigenvalue weighted by Crippen LogP contribution is 2.19. The third-order valence-electron chi connectivity index (χ3n) is 4.83. The molecule has 0 aliphatic rings. The fourth-order valence-corrected chi connectivity index (χ4v) is 4.83. The zero-order chi connectivity index (χ0) is 20.8. The molecule has 0 bridgehead atoms. The first kappa shape index (κ1) is 20.6. The van der Waals surface area contributed by atoms with Crippen LogP contribution in [0, 0.1) is 6.92 Å². The summed E-state index contributed by atoms with van der Waals surface area (Å²) in [6, 6.07) is 14.3. The molecule has 154 valence electrons. The first-order chi connectivity index (χ1) is 14.7. The Bertz CT molecular complexity index is 1120. The summed E-state index contributed by atoms with van der Waals surface area (Å²) in [4.78, 5) is 18.1. The van der Waals surface area contributed by atoms with Crippen molar-refractivity contribution < 1.29 is 4.79 Å². The van der Waals surface area contributed by atoms with Gasteiger partial charge in [0, 0.05) is 29.5 Å². The molecular formula is C22H23N5OS2. The van der Waals surface area contributed by atoms with Crippen molar-refractivity contribution in [2.75, 3.05) is 12.3 Å². The molecule has 6 nitrogen and oxygen atoms in total. The van der Waals surface area contributed by atoms with E-state index < -0.39 is 0 Å². The second-order valence-electron chi connectivity index (χ2n) is 6.89. The molecule has 8 heteroatoms. The molecule has 3 aromatic heterocycles. The zero-order valence-electron chi connectivity index (χ0n) is 16.7. The number of amides is 1. The maximum absolute atomic E-state index is 12.3. The molecule has 30 heavy (non-hydrogen) atoms. The molecule has 0 saturated heterocycles. The Hall–Kier alpha value is -2.71. The predicted molar refractivity (Wildman–Crippen MR) is 122 cm³/mol. The van der Waals surface area contributed by atoms with Crippen molar-refractivity contribution >= 4 is 39.9 Å². The van der Waals surface area contributed by atoms with Gasteiger partial charge < -0.3 is 9.88 Å². The second kappa shape index (κ2) is 9.86. The number of carbonyl (C=O) groups excluding carboxylic acids is 1. The quantitative estimate of drug-likeness (QED) is 0.402. The number of para-hydroxylation sites is 1. The van der Waals surface area contributed by atoms with Gasteiger partial charge in [0.15, 0.2) is 5.16 Å². The summed E-state index contributed by atoms with van der Waals surface area (Å²) in [6.07, 6.45) is 3.49. The number of nitrogens with one attached hydrogen (secondary N) is 1. The van der Waals surface area contributed by atoms with Gasteiger partial charge in [-0.1, -0.05) is 42.1 Å². The molecule has 0 fully saturated rings. The molecule has 0 radical (unpaired) electrons. The standard InChI is InChI=1S/C22H23N5OS2/c1-16-25-26-22(27(16)13-10-19-8-4-14-29-19)30-15-20(28)23-12-9-18-6-2-5-17-7-3-11-24-21(17)18/h2-8,11,14H,9-10,12-13,15H2,1H3,(H,23,28). The van der Waals surface area contributed by atoms with Gasteiger partial charge in [0.2, 0.25) is 5.91 Å². The maximum atomic E-state index is 12.3. The van der Waals surface area contributed by atoms with Crippen LogP contribution >= 0.6 is 23.1 Å². The van der Waals surface area contributed by atoms with Crippen molar-refractivity contribution in [1.82, 2.24) is 25.1 Å². The molecule has 0 aliphatic heterocycles. The molecule has 0 aliphatic carbocycles. The van der Waals surface area contributed by atoms with E-state index in [2.05, 4.69) is 60.8 Å². The van der Waals surface area contributed by atoms with Gasteiger partial charge in [0.05, 0.1) is 11.3 Å². The molecule has 1 amide bonds. The lowest BCUT2D eigenvalue weighted by Crippen LogP contribution is -2.27. The van der Waals surface area contributed by atoms with Crippen LogP contribution in [0.5, 0.6) is 0 Å². The number of hydrogen-bond donors (Lipinski definition) is 1. The number of aromatic nitrogens is 4. The third-order valence-corrected chi connectivity index (χ3v) is 6.73. The minimum atomic E-state index is -0.00124. The number of carbonyl (C=O) groups is 1. The minimum Gasteiger partial charge on any atom is -0.355 e. The summed E-state index contributed by atoms with van der Waals surface area (Å²) in [7, 11) is 0. The van der Waals surface area contributed by atoms with E-state index in [1.54, 1.807) is 17.5 Å². The molecule has 0 atom stereocenters.